The molecule has 0 saturated carbocycles. The quantitative estimate of drug-likeness (QED) is 0.616. The number of hydrogen-bond donors (Lipinski definition) is 3. The molecule has 0 radical (unpaired) electrons. The summed E-state index contributed by atoms with van der Waals surface area (Å²) in [6.07, 6.45) is -5.03. The Morgan fingerprint density at radius 1 is 1.10 bits per heavy atom. The SMILES string of the molecule is Cc1cc(=O)n2c(n1)NC(Nc1cccc(C(F)(F)F)c1)=[NH+][C@@H]2c1ccccc1. The van der Waals surface area contributed by atoms with Crippen molar-refractivity contribution in [1.29, 1.82) is 0 Å². The Kier molecular flexibility index (Phi) is 4.57. The highest BCUT2D eigenvalue weighted by atomic mass is 19.4. The average Bonchev–Trinajstić information content (AvgIpc) is 2.67. The number of halogens is 3. The van der Waals surface area contributed by atoms with Crippen molar-refractivity contribution in [3.63, 3.8) is 0 Å². The second-order valence-corrected chi connectivity index (χ2v) is 6.59. The van der Waals surface area contributed by atoms with Crippen LogP contribution in [0, 0.1) is 6.92 Å². The van der Waals surface area contributed by atoms with Crippen LogP contribution < -0.4 is 21.2 Å². The Hall–Kier alpha value is -3.62. The number of nitrogens with one attached hydrogen (secondary N) is 3. The molecule has 1 aromatic heterocycles. The van der Waals surface area contributed by atoms with Crippen LogP contribution in [0.3, 0.4) is 0 Å². The van der Waals surface area contributed by atoms with Crippen LogP contribution >= 0.6 is 0 Å². The number of guanidine groups is 1. The maximum Gasteiger partial charge on any atom is 0.416 e. The summed E-state index contributed by atoms with van der Waals surface area (Å²) in [5, 5.41) is 5.86. The third-order valence-corrected chi connectivity index (χ3v) is 4.43. The topological polar surface area (TPSA) is 72.9 Å². The molecule has 0 unspecified atom stereocenters. The first-order valence-electron chi connectivity index (χ1n) is 8.81. The van der Waals surface area contributed by atoms with Gasteiger partial charge < -0.3 is 0 Å². The van der Waals surface area contributed by atoms with Gasteiger partial charge in [-0.3, -0.25) is 9.79 Å². The van der Waals surface area contributed by atoms with E-state index in [-0.39, 0.29) is 17.2 Å². The van der Waals surface area contributed by atoms with Crippen LogP contribution in [-0.2, 0) is 6.18 Å². The zero-order valence-electron chi connectivity index (χ0n) is 15.3. The van der Waals surface area contributed by atoms with Gasteiger partial charge in [-0.15, -0.1) is 0 Å². The molecule has 0 saturated heterocycles. The smallest absolute Gasteiger partial charge is 0.269 e. The molecule has 1 aliphatic rings. The van der Waals surface area contributed by atoms with Crippen molar-refractivity contribution < 1.29 is 18.2 Å². The number of anilines is 2. The molecule has 6 nitrogen and oxygen atoms in total. The van der Waals surface area contributed by atoms with E-state index < -0.39 is 17.9 Å². The van der Waals surface area contributed by atoms with Crippen molar-refractivity contribution in [2.75, 3.05) is 10.6 Å². The van der Waals surface area contributed by atoms with Crippen LogP contribution in [0.25, 0.3) is 0 Å². The molecule has 3 N–H and O–H groups in total. The van der Waals surface area contributed by atoms with Gasteiger partial charge in [0.2, 0.25) is 0 Å². The highest BCUT2D eigenvalue weighted by Crippen LogP contribution is 2.30. The molecule has 29 heavy (non-hydrogen) atoms. The van der Waals surface area contributed by atoms with E-state index in [1.165, 1.54) is 22.8 Å². The second-order valence-electron chi connectivity index (χ2n) is 6.59. The second kappa shape index (κ2) is 7.08. The van der Waals surface area contributed by atoms with Crippen LogP contribution in [0.15, 0.2) is 65.5 Å². The number of fused-ring (bicyclic) bond motifs is 1. The number of hydrogen-bond acceptors (Lipinski definition) is 4. The molecule has 4 rings (SSSR count). The molecule has 1 aliphatic heterocycles. The first kappa shape index (κ1) is 18.7. The third-order valence-electron chi connectivity index (χ3n) is 4.43. The van der Waals surface area contributed by atoms with Gasteiger partial charge in [0, 0.05) is 17.3 Å². The zero-order chi connectivity index (χ0) is 20.6. The van der Waals surface area contributed by atoms with Crippen molar-refractivity contribution in [1.82, 2.24) is 9.55 Å². The van der Waals surface area contributed by atoms with Crippen molar-refractivity contribution in [3.8, 4) is 0 Å². The van der Waals surface area contributed by atoms with Crippen molar-refractivity contribution in [2.45, 2.75) is 19.3 Å². The molecule has 148 valence electrons. The van der Waals surface area contributed by atoms with Gasteiger partial charge in [0.25, 0.3) is 11.5 Å². The van der Waals surface area contributed by atoms with Crippen molar-refractivity contribution >= 4 is 17.6 Å². The Morgan fingerprint density at radius 3 is 2.59 bits per heavy atom. The standard InChI is InChI=1S/C20H16F3N5O/c1-12-10-16(29)28-17(13-6-3-2-4-7-13)26-18(27-19(28)24-12)25-15-9-5-8-14(11-15)20(21,22)23/h2-11,17H,1H3,(H2,24,25,26,27)/p+1/t17-/m0/s1. The van der Waals surface area contributed by atoms with E-state index in [2.05, 4.69) is 20.6 Å². The minimum Gasteiger partial charge on any atom is -0.269 e. The lowest BCUT2D eigenvalue weighted by molar-refractivity contribution is -0.520. The minimum absolute atomic E-state index is 0.241. The highest BCUT2D eigenvalue weighted by molar-refractivity contribution is 5.99. The van der Waals surface area contributed by atoms with Crippen LogP contribution in [0.1, 0.15) is 23.0 Å². The van der Waals surface area contributed by atoms with Gasteiger partial charge in [-0.2, -0.15) is 13.2 Å². The van der Waals surface area contributed by atoms with Gasteiger partial charge in [0.15, 0.2) is 6.17 Å². The Morgan fingerprint density at radius 2 is 1.86 bits per heavy atom. The molecule has 0 bridgehead atoms. The number of aromatic nitrogens is 2. The van der Waals surface area contributed by atoms with E-state index in [0.29, 0.717) is 11.7 Å². The van der Waals surface area contributed by atoms with Gasteiger partial charge in [-0.25, -0.2) is 20.2 Å². The predicted molar refractivity (Wildman–Crippen MR) is 102 cm³/mol. The summed E-state index contributed by atoms with van der Waals surface area (Å²) >= 11 is 0. The fourth-order valence-electron chi connectivity index (χ4n) is 3.15. The van der Waals surface area contributed by atoms with Crippen molar-refractivity contribution in [2.24, 2.45) is 0 Å². The van der Waals surface area contributed by atoms with Gasteiger partial charge in [-0.1, -0.05) is 36.4 Å². The Labute approximate surface area is 163 Å². The normalized spacial score (nSPS) is 15.9. The van der Waals surface area contributed by atoms with E-state index in [0.717, 1.165) is 17.7 Å². The molecule has 2 aromatic carbocycles. The Bertz CT molecular complexity index is 1140. The maximum absolute atomic E-state index is 13.0. The third kappa shape index (κ3) is 3.84. The van der Waals surface area contributed by atoms with Crippen molar-refractivity contribution in [3.05, 3.63) is 87.8 Å². The molecule has 0 fully saturated rings. The van der Waals surface area contributed by atoms with Crippen LogP contribution in [0.5, 0.6) is 0 Å². The predicted octanol–water partition coefficient (Wildman–Crippen LogP) is 2.09. The van der Waals surface area contributed by atoms with E-state index in [1.807, 2.05) is 30.3 Å². The van der Waals surface area contributed by atoms with Crippen LogP contribution in [0.2, 0.25) is 0 Å². The first-order chi connectivity index (χ1) is 13.8. The zero-order valence-corrected chi connectivity index (χ0v) is 15.3. The van der Waals surface area contributed by atoms with Crippen LogP contribution in [0.4, 0.5) is 24.8 Å². The molecule has 9 heteroatoms. The summed E-state index contributed by atoms with van der Waals surface area (Å²) in [6, 6.07) is 15.5. The molecule has 0 amide bonds. The maximum atomic E-state index is 13.0. The number of rotatable bonds is 2. The molecule has 1 atom stereocenters. The minimum atomic E-state index is -4.44. The summed E-state index contributed by atoms with van der Waals surface area (Å²) in [6.45, 7) is 1.70. The summed E-state index contributed by atoms with van der Waals surface area (Å²) in [5.74, 6) is 0.604. The monoisotopic (exact) mass is 400 g/mol. The molecule has 0 aliphatic carbocycles. The fraction of sp³-hybridized carbons (Fsp3) is 0.150. The van der Waals surface area contributed by atoms with Gasteiger partial charge in [0.05, 0.1) is 11.3 Å². The van der Waals surface area contributed by atoms with Crippen LogP contribution in [-0.4, -0.2) is 15.5 Å². The molecule has 3 aromatic rings. The van der Waals surface area contributed by atoms with Gasteiger partial charge >= 0.3 is 12.1 Å². The van der Waals surface area contributed by atoms with E-state index in [4.69, 9.17) is 0 Å². The Balaban J connectivity index is 1.75. The van der Waals surface area contributed by atoms with Gasteiger partial charge in [0.1, 0.15) is 0 Å². The molecular formula is C20H17F3N5O+. The van der Waals surface area contributed by atoms with E-state index >= 15 is 0 Å². The summed E-state index contributed by atoms with van der Waals surface area (Å²) in [5.41, 5.74) is 0.556. The van der Waals surface area contributed by atoms with E-state index in [1.54, 1.807) is 6.92 Å². The number of benzene rings is 2. The average molecular weight is 400 g/mol. The number of alkyl halides is 3. The lowest BCUT2D eigenvalue weighted by atomic mass is 10.1. The molecule has 0 spiro atoms. The summed E-state index contributed by atoms with van der Waals surface area (Å²) in [7, 11) is 0. The summed E-state index contributed by atoms with van der Waals surface area (Å²) in [4.78, 5) is 20.1. The largest absolute Gasteiger partial charge is 0.416 e. The number of nitrogens with zero attached hydrogens (tertiary/aromatic N) is 2. The molecule has 2 heterocycles. The lowest BCUT2D eigenvalue weighted by Crippen LogP contribution is -2.82. The summed E-state index contributed by atoms with van der Waals surface area (Å²) < 4.78 is 40.5. The molecular weight excluding hydrogens is 383 g/mol. The lowest BCUT2D eigenvalue weighted by Gasteiger charge is -2.23. The highest BCUT2D eigenvalue weighted by Gasteiger charge is 2.32. The fourth-order valence-corrected chi connectivity index (χ4v) is 3.15. The first-order valence-corrected chi connectivity index (χ1v) is 8.81. The number of aryl methyl sites for hydroxylation is 1. The van der Waals surface area contributed by atoms with E-state index in [9.17, 15) is 18.0 Å². The van der Waals surface area contributed by atoms with Gasteiger partial charge in [-0.05, 0) is 25.1 Å².